The van der Waals surface area contributed by atoms with Crippen LogP contribution in [0.4, 0.5) is 0 Å². The highest BCUT2D eigenvalue weighted by Crippen LogP contribution is 2.26. The van der Waals surface area contributed by atoms with Gasteiger partial charge in [0.15, 0.2) is 0 Å². The fraction of sp³-hybridized carbons (Fsp3) is 0.500. The lowest BCUT2D eigenvalue weighted by Gasteiger charge is -2.07. The number of carbonyl (C=O) groups excluding carboxylic acids is 1. The largest absolute Gasteiger partial charge is 0.298 e. The van der Waals surface area contributed by atoms with E-state index >= 15 is 0 Å². The minimum Gasteiger partial charge on any atom is -0.298 e. The number of benzene rings is 1. The first-order valence-corrected chi connectivity index (χ1v) is 7.46. The first-order valence-electron chi connectivity index (χ1n) is 6.14. The topological polar surface area (TPSA) is 34.1 Å². The van der Waals surface area contributed by atoms with Crippen LogP contribution in [0.1, 0.15) is 31.2 Å². The monoisotopic (exact) mass is 250 g/mol. The molecule has 0 spiro atoms. The zero-order chi connectivity index (χ0) is 12.3. The lowest BCUT2D eigenvalue weighted by Crippen LogP contribution is -2.18. The van der Waals surface area contributed by atoms with Crippen LogP contribution < -0.4 is 0 Å². The van der Waals surface area contributed by atoms with E-state index in [1.807, 2.05) is 31.2 Å². The molecule has 1 aromatic rings. The summed E-state index contributed by atoms with van der Waals surface area (Å²) in [4.78, 5) is 12.7. The van der Waals surface area contributed by atoms with Crippen LogP contribution in [0, 0.1) is 12.8 Å². The van der Waals surface area contributed by atoms with E-state index in [1.54, 1.807) is 0 Å². The Balaban J connectivity index is 1.96. The third kappa shape index (κ3) is 3.25. The predicted octanol–water partition coefficient (Wildman–Crippen LogP) is 2.86. The van der Waals surface area contributed by atoms with Gasteiger partial charge in [0.25, 0.3) is 0 Å². The molecule has 1 aromatic carbocycles. The van der Waals surface area contributed by atoms with Crippen LogP contribution in [0.5, 0.6) is 0 Å². The molecule has 0 saturated heterocycles. The van der Waals surface area contributed by atoms with Crippen molar-refractivity contribution in [1.29, 1.82) is 0 Å². The smallest absolute Gasteiger partial charge is 0.148 e. The van der Waals surface area contributed by atoms with Crippen molar-refractivity contribution in [1.82, 2.24) is 0 Å². The molecule has 17 heavy (non-hydrogen) atoms. The van der Waals surface area contributed by atoms with Gasteiger partial charge in [-0.25, -0.2) is 0 Å². The van der Waals surface area contributed by atoms with Crippen molar-refractivity contribution in [3.8, 4) is 0 Å². The first kappa shape index (κ1) is 12.5. The molecular formula is C14H18O2S. The lowest BCUT2D eigenvalue weighted by atomic mass is 10.0. The van der Waals surface area contributed by atoms with E-state index in [4.69, 9.17) is 0 Å². The Labute approximate surface area is 105 Å². The van der Waals surface area contributed by atoms with Gasteiger partial charge in [0.05, 0.1) is 16.6 Å². The number of hydrogen-bond donors (Lipinski definition) is 0. The molecular weight excluding hydrogens is 232 g/mol. The van der Waals surface area contributed by atoms with Crippen molar-refractivity contribution in [2.24, 2.45) is 5.92 Å². The fourth-order valence-corrected chi connectivity index (χ4v) is 3.37. The Kier molecular flexibility index (Phi) is 4.11. The maximum Gasteiger partial charge on any atom is 0.148 e. The fourth-order valence-electron chi connectivity index (χ4n) is 2.27. The highest BCUT2D eigenvalue weighted by molar-refractivity contribution is 7.85. The van der Waals surface area contributed by atoms with Crippen molar-refractivity contribution in [3.63, 3.8) is 0 Å². The number of rotatable bonds is 4. The van der Waals surface area contributed by atoms with Crippen molar-refractivity contribution >= 4 is 16.6 Å². The molecule has 0 amide bonds. The number of hydrogen-bond acceptors (Lipinski definition) is 2. The van der Waals surface area contributed by atoms with Gasteiger partial charge in [-0.05, 0) is 31.9 Å². The molecule has 1 unspecified atom stereocenters. The van der Waals surface area contributed by atoms with Gasteiger partial charge in [-0.15, -0.1) is 0 Å². The molecule has 2 nitrogen and oxygen atoms in total. The van der Waals surface area contributed by atoms with Gasteiger partial charge in [0.2, 0.25) is 0 Å². The van der Waals surface area contributed by atoms with Crippen LogP contribution >= 0.6 is 0 Å². The van der Waals surface area contributed by atoms with Gasteiger partial charge < -0.3 is 0 Å². The second kappa shape index (κ2) is 5.58. The van der Waals surface area contributed by atoms with Gasteiger partial charge in [0.1, 0.15) is 5.78 Å². The van der Waals surface area contributed by atoms with Crippen LogP contribution in [0.25, 0.3) is 0 Å². The number of aryl methyl sites for hydroxylation is 1. The molecule has 1 aliphatic carbocycles. The molecule has 0 N–H and O–H groups in total. The summed E-state index contributed by atoms with van der Waals surface area (Å²) in [6.07, 6.45) is 4.27. The molecule has 0 bridgehead atoms. The summed E-state index contributed by atoms with van der Waals surface area (Å²) in [5.41, 5.74) is 1.15. The van der Waals surface area contributed by atoms with E-state index in [1.165, 1.54) is 0 Å². The number of Topliss-reactive ketones (excluding diaryl/α,β-unsaturated/α-hetero) is 1. The van der Waals surface area contributed by atoms with Gasteiger partial charge in [-0.2, -0.15) is 0 Å². The Morgan fingerprint density at radius 3 is 2.41 bits per heavy atom. The van der Waals surface area contributed by atoms with Crippen LogP contribution in [0.2, 0.25) is 0 Å². The molecule has 0 aromatic heterocycles. The zero-order valence-electron chi connectivity index (χ0n) is 10.1. The van der Waals surface area contributed by atoms with Crippen LogP contribution in [0.15, 0.2) is 29.2 Å². The first-order chi connectivity index (χ1) is 8.16. The van der Waals surface area contributed by atoms with E-state index in [-0.39, 0.29) is 17.5 Å². The third-order valence-corrected chi connectivity index (χ3v) is 4.71. The van der Waals surface area contributed by atoms with Gasteiger partial charge in [-0.3, -0.25) is 9.00 Å². The lowest BCUT2D eigenvalue weighted by molar-refractivity contribution is -0.120. The molecule has 1 aliphatic rings. The van der Waals surface area contributed by atoms with E-state index in [0.29, 0.717) is 0 Å². The summed E-state index contributed by atoms with van der Waals surface area (Å²) in [5, 5.41) is 0. The SMILES string of the molecule is Cc1ccc(S(=O)CC(=O)C2CCCC2)cc1. The molecule has 92 valence electrons. The minimum atomic E-state index is -1.17. The summed E-state index contributed by atoms with van der Waals surface area (Å²) >= 11 is 0. The second-order valence-corrected chi connectivity index (χ2v) is 6.20. The van der Waals surface area contributed by atoms with Crippen LogP contribution in [0.3, 0.4) is 0 Å². The average molecular weight is 250 g/mol. The van der Waals surface area contributed by atoms with E-state index in [2.05, 4.69) is 0 Å². The Morgan fingerprint density at radius 2 is 1.82 bits per heavy atom. The molecule has 0 heterocycles. The Morgan fingerprint density at radius 1 is 1.24 bits per heavy atom. The van der Waals surface area contributed by atoms with Crippen molar-refractivity contribution < 1.29 is 9.00 Å². The molecule has 1 saturated carbocycles. The van der Waals surface area contributed by atoms with Crippen molar-refractivity contribution in [2.45, 2.75) is 37.5 Å². The second-order valence-electron chi connectivity index (χ2n) is 4.75. The Hall–Kier alpha value is -0.960. The number of ketones is 1. The third-order valence-electron chi connectivity index (χ3n) is 3.37. The van der Waals surface area contributed by atoms with E-state index in [9.17, 15) is 9.00 Å². The summed E-state index contributed by atoms with van der Waals surface area (Å²) in [5.74, 6) is 0.541. The van der Waals surface area contributed by atoms with Crippen LogP contribution in [-0.4, -0.2) is 15.7 Å². The molecule has 0 radical (unpaired) electrons. The van der Waals surface area contributed by atoms with Crippen molar-refractivity contribution in [2.75, 3.05) is 5.75 Å². The molecule has 2 rings (SSSR count). The standard InChI is InChI=1S/C14H18O2S/c1-11-6-8-13(9-7-11)17(16)10-14(15)12-4-2-3-5-12/h6-9,12H,2-5,10H2,1H3. The summed E-state index contributed by atoms with van der Waals surface area (Å²) in [6, 6.07) is 7.58. The average Bonchev–Trinajstić information content (AvgIpc) is 2.83. The molecule has 1 atom stereocenters. The van der Waals surface area contributed by atoms with E-state index < -0.39 is 10.8 Å². The van der Waals surface area contributed by atoms with Crippen molar-refractivity contribution in [3.05, 3.63) is 29.8 Å². The summed E-state index contributed by atoms with van der Waals surface area (Å²) in [6.45, 7) is 2.00. The minimum absolute atomic E-state index is 0.171. The molecule has 1 fully saturated rings. The van der Waals surface area contributed by atoms with Crippen LogP contribution in [-0.2, 0) is 15.6 Å². The van der Waals surface area contributed by atoms with Gasteiger partial charge in [-0.1, -0.05) is 30.5 Å². The van der Waals surface area contributed by atoms with E-state index in [0.717, 1.165) is 36.1 Å². The van der Waals surface area contributed by atoms with Gasteiger partial charge >= 0.3 is 0 Å². The quantitative estimate of drug-likeness (QED) is 0.823. The highest BCUT2D eigenvalue weighted by Gasteiger charge is 2.24. The normalized spacial score (nSPS) is 18.2. The number of carbonyl (C=O) groups is 1. The summed E-state index contributed by atoms with van der Waals surface area (Å²) < 4.78 is 12.0. The molecule has 0 aliphatic heterocycles. The summed E-state index contributed by atoms with van der Waals surface area (Å²) in [7, 11) is -1.17. The molecule has 3 heteroatoms. The van der Waals surface area contributed by atoms with Gasteiger partial charge in [0, 0.05) is 10.8 Å². The maximum absolute atomic E-state index is 12.0. The maximum atomic E-state index is 12.0. The Bertz CT molecular complexity index is 416. The highest BCUT2D eigenvalue weighted by atomic mass is 32.2. The zero-order valence-corrected chi connectivity index (χ0v) is 11.0. The predicted molar refractivity (Wildman–Crippen MR) is 69.4 cm³/mol.